The minimum absolute atomic E-state index is 0.0845. The molecule has 1 rings (SSSR count). The number of anilines is 1. The molecule has 5 heteroatoms. The van der Waals surface area contributed by atoms with Gasteiger partial charge < -0.3 is 20.1 Å². The number of carboxylic acids is 1. The molecule has 0 aliphatic carbocycles. The molecule has 2 N–H and O–H groups in total. The van der Waals surface area contributed by atoms with E-state index < -0.39 is 5.97 Å². The summed E-state index contributed by atoms with van der Waals surface area (Å²) in [4.78, 5) is 13.3. The van der Waals surface area contributed by atoms with E-state index in [0.717, 1.165) is 0 Å². The summed E-state index contributed by atoms with van der Waals surface area (Å²) in [5, 5.41) is 12.4. The van der Waals surface area contributed by atoms with Crippen molar-refractivity contribution in [1.82, 2.24) is 4.90 Å². The number of methoxy groups -OCH3 is 1. The summed E-state index contributed by atoms with van der Waals surface area (Å²) in [5.41, 5.74) is 0.732. The molecule has 0 saturated carbocycles. The van der Waals surface area contributed by atoms with Crippen LogP contribution in [0.2, 0.25) is 0 Å². The van der Waals surface area contributed by atoms with Gasteiger partial charge in [-0.25, -0.2) is 4.79 Å². The lowest BCUT2D eigenvalue weighted by Crippen LogP contribution is -2.44. The fourth-order valence-electron chi connectivity index (χ4n) is 1.45. The Balaban J connectivity index is 2.95. The van der Waals surface area contributed by atoms with Gasteiger partial charge >= 0.3 is 5.97 Å². The van der Waals surface area contributed by atoms with E-state index in [2.05, 4.69) is 24.1 Å². The molecule has 0 bridgehead atoms. The van der Waals surface area contributed by atoms with E-state index in [-0.39, 0.29) is 11.1 Å². The highest BCUT2D eigenvalue weighted by molar-refractivity contribution is 5.94. The lowest BCUT2D eigenvalue weighted by molar-refractivity contribution is 0.0697. The molecule has 0 amide bonds. The zero-order chi connectivity index (χ0) is 14.6. The quantitative estimate of drug-likeness (QED) is 0.826. The average Bonchev–Trinajstić information content (AvgIpc) is 2.35. The molecule has 0 atom stereocenters. The second kappa shape index (κ2) is 5.93. The molecule has 0 aliphatic heterocycles. The van der Waals surface area contributed by atoms with Crippen LogP contribution in [-0.2, 0) is 0 Å². The SMILES string of the molecule is COc1ccc(C(=O)O)c(NCC(C)(C)N(C)C)c1. The van der Waals surface area contributed by atoms with Crippen LogP contribution < -0.4 is 10.1 Å². The lowest BCUT2D eigenvalue weighted by atomic mass is 10.0. The van der Waals surface area contributed by atoms with E-state index in [1.165, 1.54) is 0 Å². The van der Waals surface area contributed by atoms with Crippen molar-refractivity contribution in [2.24, 2.45) is 0 Å². The number of hydrogen-bond donors (Lipinski definition) is 2. The first kappa shape index (κ1) is 15.3. The maximum atomic E-state index is 11.2. The lowest BCUT2D eigenvalue weighted by Gasteiger charge is -2.33. The number of rotatable bonds is 6. The summed E-state index contributed by atoms with van der Waals surface area (Å²) in [7, 11) is 5.54. The zero-order valence-electron chi connectivity index (χ0n) is 12.2. The fraction of sp³-hybridized carbons (Fsp3) is 0.500. The van der Waals surface area contributed by atoms with Gasteiger partial charge in [-0.15, -0.1) is 0 Å². The average molecular weight is 266 g/mol. The van der Waals surface area contributed by atoms with Crippen LogP contribution >= 0.6 is 0 Å². The number of hydrogen-bond acceptors (Lipinski definition) is 4. The number of aromatic carboxylic acids is 1. The van der Waals surface area contributed by atoms with Gasteiger partial charge in [0.05, 0.1) is 18.4 Å². The van der Waals surface area contributed by atoms with Crippen LogP contribution in [0.5, 0.6) is 5.75 Å². The first-order chi connectivity index (χ1) is 8.77. The van der Waals surface area contributed by atoms with Crippen LogP contribution in [0.3, 0.4) is 0 Å². The number of ether oxygens (including phenoxy) is 1. The molecule has 0 aromatic heterocycles. The fourth-order valence-corrected chi connectivity index (χ4v) is 1.45. The maximum absolute atomic E-state index is 11.2. The Hall–Kier alpha value is -1.75. The number of nitrogens with zero attached hydrogens (tertiary/aromatic N) is 1. The Morgan fingerprint density at radius 2 is 2.05 bits per heavy atom. The number of likely N-dealkylation sites (N-methyl/N-ethyl adjacent to an activating group) is 1. The van der Waals surface area contributed by atoms with Crippen LogP contribution in [-0.4, -0.2) is 49.3 Å². The van der Waals surface area contributed by atoms with Crippen molar-refractivity contribution in [2.75, 3.05) is 33.1 Å². The van der Waals surface area contributed by atoms with E-state index in [1.807, 2.05) is 14.1 Å². The van der Waals surface area contributed by atoms with Crippen molar-refractivity contribution < 1.29 is 14.6 Å². The van der Waals surface area contributed by atoms with Crippen LogP contribution in [0.25, 0.3) is 0 Å². The molecule has 0 fully saturated rings. The van der Waals surface area contributed by atoms with Gasteiger partial charge in [-0.05, 0) is 40.1 Å². The van der Waals surface area contributed by atoms with Crippen molar-refractivity contribution in [2.45, 2.75) is 19.4 Å². The number of carboxylic acid groups (broad SMARTS) is 1. The van der Waals surface area contributed by atoms with Gasteiger partial charge in [0.25, 0.3) is 0 Å². The van der Waals surface area contributed by atoms with Crippen LogP contribution in [0.4, 0.5) is 5.69 Å². The highest BCUT2D eigenvalue weighted by atomic mass is 16.5. The van der Waals surface area contributed by atoms with Crippen LogP contribution in [0.1, 0.15) is 24.2 Å². The Labute approximate surface area is 114 Å². The largest absolute Gasteiger partial charge is 0.497 e. The highest BCUT2D eigenvalue weighted by Gasteiger charge is 2.21. The molecule has 0 heterocycles. The molecule has 1 aromatic carbocycles. The normalized spacial score (nSPS) is 11.5. The third-order valence-corrected chi connectivity index (χ3v) is 3.38. The molecule has 5 nitrogen and oxygen atoms in total. The minimum Gasteiger partial charge on any atom is -0.497 e. The van der Waals surface area contributed by atoms with Crippen molar-refractivity contribution in [3.63, 3.8) is 0 Å². The maximum Gasteiger partial charge on any atom is 0.337 e. The first-order valence-corrected chi connectivity index (χ1v) is 6.10. The van der Waals surface area contributed by atoms with Gasteiger partial charge in [-0.2, -0.15) is 0 Å². The second-order valence-electron chi connectivity index (χ2n) is 5.28. The Bertz CT molecular complexity index is 456. The summed E-state index contributed by atoms with van der Waals surface area (Å²) in [6, 6.07) is 4.90. The molecule has 0 radical (unpaired) electrons. The van der Waals surface area contributed by atoms with Crippen molar-refractivity contribution in [1.29, 1.82) is 0 Å². The van der Waals surface area contributed by atoms with Crippen LogP contribution in [0, 0.1) is 0 Å². The smallest absolute Gasteiger partial charge is 0.337 e. The van der Waals surface area contributed by atoms with E-state index in [9.17, 15) is 9.90 Å². The van der Waals surface area contributed by atoms with Gasteiger partial charge in [-0.1, -0.05) is 0 Å². The second-order valence-corrected chi connectivity index (χ2v) is 5.28. The van der Waals surface area contributed by atoms with E-state index in [0.29, 0.717) is 18.0 Å². The summed E-state index contributed by atoms with van der Waals surface area (Å²) in [6.07, 6.45) is 0. The number of nitrogens with one attached hydrogen (secondary N) is 1. The molecular formula is C14H22N2O3. The summed E-state index contributed by atoms with van der Waals surface area (Å²) in [6.45, 7) is 4.80. The molecule has 1 aromatic rings. The summed E-state index contributed by atoms with van der Waals surface area (Å²) < 4.78 is 5.13. The summed E-state index contributed by atoms with van der Waals surface area (Å²) in [5.74, 6) is -0.317. The molecule has 0 aliphatic rings. The molecule has 0 spiro atoms. The van der Waals surface area contributed by atoms with E-state index in [4.69, 9.17) is 4.74 Å². The van der Waals surface area contributed by atoms with Gasteiger partial charge in [0.15, 0.2) is 0 Å². The number of carbonyl (C=O) groups is 1. The predicted octanol–water partition coefficient (Wildman–Crippen LogP) is 2.15. The minimum atomic E-state index is -0.951. The van der Waals surface area contributed by atoms with Gasteiger partial charge in [0, 0.05) is 18.2 Å². The Kier molecular flexibility index (Phi) is 4.78. The van der Waals surface area contributed by atoms with E-state index in [1.54, 1.807) is 25.3 Å². The number of benzene rings is 1. The van der Waals surface area contributed by atoms with Gasteiger partial charge in [-0.3, -0.25) is 0 Å². The Morgan fingerprint density at radius 1 is 1.42 bits per heavy atom. The van der Waals surface area contributed by atoms with Gasteiger partial charge in [0.1, 0.15) is 5.75 Å². The first-order valence-electron chi connectivity index (χ1n) is 6.10. The molecule has 106 valence electrons. The summed E-state index contributed by atoms with van der Waals surface area (Å²) >= 11 is 0. The van der Waals surface area contributed by atoms with Crippen LogP contribution in [0.15, 0.2) is 18.2 Å². The molecule has 0 unspecified atom stereocenters. The van der Waals surface area contributed by atoms with Crippen molar-refractivity contribution in [3.8, 4) is 5.75 Å². The third-order valence-electron chi connectivity index (χ3n) is 3.38. The predicted molar refractivity (Wildman–Crippen MR) is 76.2 cm³/mol. The zero-order valence-corrected chi connectivity index (χ0v) is 12.2. The molecule has 19 heavy (non-hydrogen) atoms. The standard InChI is InChI=1S/C14H22N2O3/c1-14(2,16(3)4)9-15-12-8-10(19-5)6-7-11(12)13(17)18/h6-8,15H,9H2,1-5H3,(H,17,18). The van der Waals surface area contributed by atoms with Gasteiger partial charge in [0.2, 0.25) is 0 Å². The highest BCUT2D eigenvalue weighted by Crippen LogP contribution is 2.23. The topological polar surface area (TPSA) is 61.8 Å². The third kappa shape index (κ3) is 3.86. The Morgan fingerprint density at radius 3 is 2.53 bits per heavy atom. The molecule has 0 saturated heterocycles. The van der Waals surface area contributed by atoms with Crippen molar-refractivity contribution >= 4 is 11.7 Å². The molecular weight excluding hydrogens is 244 g/mol. The van der Waals surface area contributed by atoms with Crippen molar-refractivity contribution in [3.05, 3.63) is 23.8 Å². The monoisotopic (exact) mass is 266 g/mol. The van der Waals surface area contributed by atoms with E-state index >= 15 is 0 Å².